The minimum atomic E-state index is -0.0139. The molecular formula is C31H20Cl2N2O. The standard InChI is InChI=1S/C31H20Cl2N2O/c1-31(2)24-6-4-3-5-21(24)22-13-11-20(16-25(22)31)18-9-7-17(8-10-18)19-12-14-26-23(15-19)27-28(36-26)29(32)35-30(33)34-27/h3-16H,1-2H3. The molecular weight excluding hydrogens is 487 g/mol. The molecule has 6 aromatic rings. The van der Waals surface area contributed by atoms with Crippen molar-refractivity contribution in [3.8, 4) is 33.4 Å². The molecule has 0 saturated carbocycles. The van der Waals surface area contributed by atoms with Crippen LogP contribution in [0.15, 0.2) is 89.3 Å². The Bertz CT molecular complexity index is 1830. The van der Waals surface area contributed by atoms with Crippen LogP contribution >= 0.6 is 23.2 Å². The summed E-state index contributed by atoms with van der Waals surface area (Å²) in [5.74, 6) is 0. The van der Waals surface area contributed by atoms with E-state index in [-0.39, 0.29) is 15.9 Å². The minimum Gasteiger partial charge on any atom is -0.451 e. The molecule has 36 heavy (non-hydrogen) atoms. The van der Waals surface area contributed by atoms with E-state index in [1.54, 1.807) is 0 Å². The SMILES string of the molecule is CC1(C)c2ccccc2-c2ccc(-c3ccc(-c4ccc5oc6c(Cl)nc(Cl)nc6c5c4)cc3)cc21. The predicted octanol–water partition coefficient (Wildman–Crippen LogP) is 9.32. The van der Waals surface area contributed by atoms with Crippen LogP contribution in [0.1, 0.15) is 25.0 Å². The molecule has 0 atom stereocenters. The molecule has 5 heteroatoms. The van der Waals surface area contributed by atoms with Crippen molar-refractivity contribution in [1.29, 1.82) is 0 Å². The van der Waals surface area contributed by atoms with Crippen molar-refractivity contribution in [3.05, 3.63) is 106 Å². The van der Waals surface area contributed by atoms with Crippen LogP contribution < -0.4 is 0 Å². The van der Waals surface area contributed by atoms with Crippen LogP contribution in [0.5, 0.6) is 0 Å². The summed E-state index contributed by atoms with van der Waals surface area (Å²) in [7, 11) is 0. The number of halogens is 2. The van der Waals surface area contributed by atoms with Gasteiger partial charge in [-0.2, -0.15) is 0 Å². The van der Waals surface area contributed by atoms with E-state index in [1.807, 2.05) is 12.1 Å². The highest BCUT2D eigenvalue weighted by Crippen LogP contribution is 2.49. The third kappa shape index (κ3) is 3.13. The second-order valence-electron chi connectivity index (χ2n) is 9.78. The van der Waals surface area contributed by atoms with E-state index in [4.69, 9.17) is 27.6 Å². The number of hydrogen-bond donors (Lipinski definition) is 0. The molecule has 1 aliphatic carbocycles. The molecule has 0 N–H and O–H groups in total. The fraction of sp³-hybridized carbons (Fsp3) is 0.0968. The number of nitrogens with zero attached hydrogens (tertiary/aromatic N) is 2. The highest BCUT2D eigenvalue weighted by Gasteiger charge is 2.35. The first-order valence-corrected chi connectivity index (χ1v) is 12.6. The Morgan fingerprint density at radius 1 is 0.667 bits per heavy atom. The number of fused-ring (bicyclic) bond motifs is 6. The molecule has 174 valence electrons. The highest BCUT2D eigenvalue weighted by molar-refractivity contribution is 6.36. The first-order valence-electron chi connectivity index (χ1n) is 11.8. The van der Waals surface area contributed by atoms with Crippen molar-refractivity contribution in [1.82, 2.24) is 9.97 Å². The Kier molecular flexibility index (Phi) is 4.60. The maximum absolute atomic E-state index is 6.22. The molecule has 0 spiro atoms. The van der Waals surface area contributed by atoms with Crippen molar-refractivity contribution in [2.24, 2.45) is 0 Å². The van der Waals surface area contributed by atoms with Gasteiger partial charge in [0, 0.05) is 10.8 Å². The van der Waals surface area contributed by atoms with Gasteiger partial charge in [-0.1, -0.05) is 92.2 Å². The van der Waals surface area contributed by atoms with Gasteiger partial charge >= 0.3 is 0 Å². The van der Waals surface area contributed by atoms with Gasteiger partial charge in [0.1, 0.15) is 11.1 Å². The van der Waals surface area contributed by atoms with Gasteiger partial charge in [0.15, 0.2) is 10.7 Å². The van der Waals surface area contributed by atoms with Crippen LogP contribution in [-0.2, 0) is 5.41 Å². The summed E-state index contributed by atoms with van der Waals surface area (Å²) in [4.78, 5) is 8.33. The summed E-state index contributed by atoms with van der Waals surface area (Å²) >= 11 is 12.3. The Morgan fingerprint density at radius 2 is 1.31 bits per heavy atom. The molecule has 0 saturated heterocycles. The molecule has 1 aliphatic rings. The summed E-state index contributed by atoms with van der Waals surface area (Å²) in [6.45, 7) is 4.62. The van der Waals surface area contributed by atoms with Gasteiger partial charge in [0.05, 0.1) is 0 Å². The lowest BCUT2D eigenvalue weighted by atomic mass is 9.81. The summed E-state index contributed by atoms with van der Waals surface area (Å²) in [5.41, 5.74) is 11.8. The quantitative estimate of drug-likeness (QED) is 0.173. The van der Waals surface area contributed by atoms with E-state index in [0.717, 1.165) is 16.5 Å². The molecule has 0 amide bonds. The first kappa shape index (κ1) is 21.6. The second kappa shape index (κ2) is 7.67. The summed E-state index contributed by atoms with van der Waals surface area (Å²) in [6.07, 6.45) is 0. The fourth-order valence-electron chi connectivity index (χ4n) is 5.50. The van der Waals surface area contributed by atoms with Crippen molar-refractivity contribution < 1.29 is 4.42 Å². The zero-order valence-corrected chi connectivity index (χ0v) is 21.2. The van der Waals surface area contributed by atoms with Gasteiger partial charge in [0.25, 0.3) is 0 Å². The maximum Gasteiger partial charge on any atom is 0.224 e. The second-order valence-corrected chi connectivity index (χ2v) is 10.5. The van der Waals surface area contributed by atoms with Crippen LogP contribution in [0.3, 0.4) is 0 Å². The largest absolute Gasteiger partial charge is 0.451 e. The summed E-state index contributed by atoms with van der Waals surface area (Å²) in [6, 6.07) is 30.3. The van der Waals surface area contributed by atoms with Crippen LogP contribution in [0.4, 0.5) is 0 Å². The number of hydrogen-bond acceptors (Lipinski definition) is 3. The Balaban J connectivity index is 1.27. The molecule has 0 aliphatic heterocycles. The number of furan rings is 1. The highest BCUT2D eigenvalue weighted by atomic mass is 35.5. The van der Waals surface area contributed by atoms with E-state index in [9.17, 15) is 0 Å². The molecule has 0 radical (unpaired) electrons. The monoisotopic (exact) mass is 506 g/mol. The topological polar surface area (TPSA) is 38.9 Å². The van der Waals surface area contributed by atoms with Crippen LogP contribution in [0, 0.1) is 0 Å². The number of benzene rings is 4. The predicted molar refractivity (Wildman–Crippen MR) is 148 cm³/mol. The normalized spacial score (nSPS) is 13.8. The van der Waals surface area contributed by atoms with E-state index >= 15 is 0 Å². The Hall–Kier alpha value is -3.66. The van der Waals surface area contributed by atoms with E-state index in [1.165, 1.54) is 33.4 Å². The van der Waals surface area contributed by atoms with Crippen molar-refractivity contribution in [3.63, 3.8) is 0 Å². The lowest BCUT2D eigenvalue weighted by molar-refractivity contribution is 0.660. The average molecular weight is 507 g/mol. The molecule has 0 bridgehead atoms. The Labute approximate surface area is 218 Å². The zero-order valence-electron chi connectivity index (χ0n) is 19.6. The summed E-state index contributed by atoms with van der Waals surface area (Å²) in [5, 5.41) is 1.18. The zero-order chi connectivity index (χ0) is 24.6. The van der Waals surface area contributed by atoms with Gasteiger partial charge < -0.3 is 4.42 Å². The minimum absolute atomic E-state index is 0.0139. The molecule has 2 aromatic heterocycles. The lowest BCUT2D eigenvalue weighted by Crippen LogP contribution is -2.14. The van der Waals surface area contributed by atoms with E-state index in [2.05, 4.69) is 96.6 Å². The third-order valence-electron chi connectivity index (χ3n) is 7.38. The van der Waals surface area contributed by atoms with Gasteiger partial charge in [-0.05, 0) is 74.3 Å². The molecule has 4 aromatic carbocycles. The Morgan fingerprint density at radius 3 is 2.08 bits per heavy atom. The van der Waals surface area contributed by atoms with Gasteiger partial charge in [0.2, 0.25) is 5.28 Å². The lowest BCUT2D eigenvalue weighted by Gasteiger charge is -2.22. The van der Waals surface area contributed by atoms with Crippen molar-refractivity contribution in [2.45, 2.75) is 19.3 Å². The third-order valence-corrected chi connectivity index (χ3v) is 7.80. The molecule has 3 nitrogen and oxygen atoms in total. The smallest absolute Gasteiger partial charge is 0.224 e. The van der Waals surface area contributed by atoms with Crippen LogP contribution in [-0.4, -0.2) is 9.97 Å². The van der Waals surface area contributed by atoms with E-state index < -0.39 is 0 Å². The van der Waals surface area contributed by atoms with Gasteiger partial charge in [-0.15, -0.1) is 0 Å². The summed E-state index contributed by atoms with van der Waals surface area (Å²) < 4.78 is 5.87. The molecule has 2 heterocycles. The van der Waals surface area contributed by atoms with E-state index in [0.29, 0.717) is 16.7 Å². The molecule has 0 unspecified atom stereocenters. The number of aromatic nitrogens is 2. The number of rotatable bonds is 2. The van der Waals surface area contributed by atoms with Crippen LogP contribution in [0.25, 0.3) is 55.4 Å². The maximum atomic E-state index is 6.22. The van der Waals surface area contributed by atoms with Crippen LogP contribution in [0.2, 0.25) is 10.4 Å². The van der Waals surface area contributed by atoms with Gasteiger partial charge in [-0.25, -0.2) is 9.97 Å². The fourth-order valence-corrected chi connectivity index (χ4v) is 5.92. The average Bonchev–Trinajstić information content (AvgIpc) is 3.37. The molecule has 0 fully saturated rings. The van der Waals surface area contributed by atoms with Crippen molar-refractivity contribution >= 4 is 45.3 Å². The molecule has 7 rings (SSSR count). The first-order chi connectivity index (χ1) is 17.4. The van der Waals surface area contributed by atoms with Crippen molar-refractivity contribution in [2.75, 3.05) is 0 Å². The van der Waals surface area contributed by atoms with Gasteiger partial charge in [-0.3, -0.25) is 0 Å².